The van der Waals surface area contributed by atoms with Crippen LogP contribution in [0.1, 0.15) is 58.3 Å². The summed E-state index contributed by atoms with van der Waals surface area (Å²) in [5, 5.41) is 4.31. The number of amides is 1. The van der Waals surface area contributed by atoms with Crippen molar-refractivity contribution in [2.24, 2.45) is 7.05 Å². The van der Waals surface area contributed by atoms with Gasteiger partial charge in [0, 0.05) is 57.1 Å². The lowest BCUT2D eigenvalue weighted by Gasteiger charge is -2.33. The summed E-state index contributed by atoms with van der Waals surface area (Å²) in [5.41, 5.74) is 3.85. The summed E-state index contributed by atoms with van der Waals surface area (Å²) < 4.78 is 1.70. The number of aromatic nitrogens is 4. The van der Waals surface area contributed by atoms with Gasteiger partial charge in [-0.05, 0) is 39.5 Å². The first kappa shape index (κ1) is 17.9. The maximum absolute atomic E-state index is 13.0. The number of rotatable bonds is 2. The Kier molecular flexibility index (Phi) is 4.61. The summed E-state index contributed by atoms with van der Waals surface area (Å²) in [6.07, 6.45) is 6.03. The molecule has 1 amide bonds. The molecule has 0 aromatic carbocycles. The average molecular weight is 368 g/mol. The highest BCUT2D eigenvalue weighted by molar-refractivity contribution is 5.95. The van der Waals surface area contributed by atoms with Gasteiger partial charge in [0.2, 0.25) is 0 Å². The Morgan fingerprint density at radius 3 is 2.67 bits per heavy atom. The number of carbonyl (C=O) groups excluding carboxylic acids is 1. The summed E-state index contributed by atoms with van der Waals surface area (Å²) in [6, 6.07) is 0. The first-order valence-corrected chi connectivity index (χ1v) is 9.82. The van der Waals surface area contributed by atoms with Gasteiger partial charge < -0.3 is 9.80 Å². The van der Waals surface area contributed by atoms with E-state index in [1.165, 1.54) is 5.56 Å². The van der Waals surface area contributed by atoms with Gasteiger partial charge in [-0.25, -0.2) is 9.97 Å². The smallest absolute Gasteiger partial charge is 0.257 e. The van der Waals surface area contributed by atoms with E-state index in [0.29, 0.717) is 12.1 Å². The second kappa shape index (κ2) is 6.94. The SMILES string of the molecule is Cc1nn(C)cc1C(=O)N1CCC[C@@H](c2nc(C)c3c(n2)N(C)CCC3)C1. The number of fused-ring (bicyclic) bond motifs is 1. The summed E-state index contributed by atoms with van der Waals surface area (Å²) in [6.45, 7) is 6.48. The van der Waals surface area contributed by atoms with Crippen molar-refractivity contribution in [3.05, 3.63) is 34.5 Å². The van der Waals surface area contributed by atoms with Crippen molar-refractivity contribution in [1.82, 2.24) is 24.6 Å². The molecule has 27 heavy (non-hydrogen) atoms. The number of hydrogen-bond donors (Lipinski definition) is 0. The van der Waals surface area contributed by atoms with Crippen molar-refractivity contribution in [2.75, 3.05) is 31.6 Å². The second-order valence-corrected chi connectivity index (χ2v) is 7.89. The van der Waals surface area contributed by atoms with Crippen LogP contribution in [0.5, 0.6) is 0 Å². The van der Waals surface area contributed by atoms with Crippen LogP contribution in [0.3, 0.4) is 0 Å². The fourth-order valence-electron chi connectivity index (χ4n) is 4.34. The molecule has 1 fully saturated rings. The molecule has 7 heteroatoms. The first-order valence-electron chi connectivity index (χ1n) is 9.82. The molecule has 2 aliphatic heterocycles. The van der Waals surface area contributed by atoms with Crippen LogP contribution in [0.15, 0.2) is 6.20 Å². The zero-order chi connectivity index (χ0) is 19.1. The van der Waals surface area contributed by atoms with E-state index < -0.39 is 0 Å². The highest BCUT2D eigenvalue weighted by Crippen LogP contribution is 2.31. The molecule has 2 aliphatic rings. The molecule has 1 saturated heterocycles. The lowest BCUT2D eigenvalue weighted by atomic mass is 9.95. The van der Waals surface area contributed by atoms with E-state index in [2.05, 4.69) is 24.0 Å². The Hall–Kier alpha value is -2.44. The number of anilines is 1. The molecule has 0 aliphatic carbocycles. The number of aryl methyl sites for hydroxylation is 3. The summed E-state index contributed by atoms with van der Waals surface area (Å²) in [5.74, 6) is 2.23. The van der Waals surface area contributed by atoms with Crippen LogP contribution in [0.25, 0.3) is 0 Å². The van der Waals surface area contributed by atoms with Crippen LogP contribution in [-0.4, -0.2) is 57.2 Å². The standard InChI is InChI=1S/C20H28N6O/c1-13-16-8-6-9-24(3)19(16)22-18(21-13)15-7-5-10-26(11-15)20(27)17-12-25(4)23-14(17)2/h12,15H,5-11H2,1-4H3/t15-/m1/s1. The molecular formula is C20H28N6O. The normalized spacial score (nSPS) is 19.9. The van der Waals surface area contributed by atoms with Crippen LogP contribution < -0.4 is 4.90 Å². The molecule has 0 spiro atoms. The van der Waals surface area contributed by atoms with E-state index >= 15 is 0 Å². The molecule has 0 unspecified atom stereocenters. The van der Waals surface area contributed by atoms with Gasteiger partial charge in [-0.1, -0.05) is 0 Å². The van der Waals surface area contributed by atoms with Crippen molar-refractivity contribution < 1.29 is 4.79 Å². The molecule has 4 rings (SSSR count). The molecule has 144 valence electrons. The average Bonchev–Trinajstić information content (AvgIpc) is 3.00. The number of likely N-dealkylation sites (tertiary alicyclic amines) is 1. The molecule has 4 heterocycles. The Morgan fingerprint density at radius 1 is 1.11 bits per heavy atom. The summed E-state index contributed by atoms with van der Waals surface area (Å²) in [7, 11) is 3.96. The number of nitrogens with zero attached hydrogens (tertiary/aromatic N) is 6. The van der Waals surface area contributed by atoms with E-state index in [1.54, 1.807) is 4.68 Å². The first-order chi connectivity index (χ1) is 12.9. The lowest BCUT2D eigenvalue weighted by Crippen LogP contribution is -2.40. The van der Waals surface area contributed by atoms with Crippen LogP contribution in [0, 0.1) is 13.8 Å². The topological polar surface area (TPSA) is 67.2 Å². The fourth-order valence-corrected chi connectivity index (χ4v) is 4.34. The van der Waals surface area contributed by atoms with Crippen molar-refractivity contribution in [3.8, 4) is 0 Å². The zero-order valence-electron chi connectivity index (χ0n) is 16.7. The van der Waals surface area contributed by atoms with E-state index in [9.17, 15) is 4.79 Å². The molecule has 2 aromatic rings. The van der Waals surface area contributed by atoms with Crippen LogP contribution in [-0.2, 0) is 13.5 Å². The Bertz CT molecular complexity index is 874. The van der Waals surface area contributed by atoms with Crippen molar-refractivity contribution >= 4 is 11.7 Å². The molecule has 1 atom stereocenters. The molecule has 0 N–H and O–H groups in total. The van der Waals surface area contributed by atoms with Gasteiger partial charge in [-0.2, -0.15) is 5.10 Å². The van der Waals surface area contributed by atoms with Gasteiger partial charge >= 0.3 is 0 Å². The number of carbonyl (C=O) groups is 1. The van der Waals surface area contributed by atoms with Crippen LogP contribution in [0.4, 0.5) is 5.82 Å². The number of hydrogen-bond acceptors (Lipinski definition) is 5. The lowest BCUT2D eigenvalue weighted by molar-refractivity contribution is 0.0703. The highest BCUT2D eigenvalue weighted by Gasteiger charge is 2.30. The Balaban J connectivity index is 1.58. The van der Waals surface area contributed by atoms with Gasteiger partial charge in [0.25, 0.3) is 5.91 Å². The van der Waals surface area contributed by atoms with Gasteiger partial charge in [-0.15, -0.1) is 0 Å². The van der Waals surface area contributed by atoms with Gasteiger partial charge in [0.05, 0.1) is 11.3 Å². The summed E-state index contributed by atoms with van der Waals surface area (Å²) >= 11 is 0. The Labute approximate surface area is 160 Å². The molecule has 0 saturated carbocycles. The maximum atomic E-state index is 13.0. The predicted octanol–water partition coefficient (Wildman–Crippen LogP) is 2.23. The van der Waals surface area contributed by atoms with E-state index in [4.69, 9.17) is 9.97 Å². The zero-order valence-corrected chi connectivity index (χ0v) is 16.7. The van der Waals surface area contributed by atoms with Crippen molar-refractivity contribution in [1.29, 1.82) is 0 Å². The van der Waals surface area contributed by atoms with Crippen LogP contribution in [0.2, 0.25) is 0 Å². The molecular weight excluding hydrogens is 340 g/mol. The van der Waals surface area contributed by atoms with E-state index in [-0.39, 0.29) is 11.8 Å². The third-order valence-corrected chi connectivity index (χ3v) is 5.81. The van der Waals surface area contributed by atoms with E-state index in [1.807, 2.05) is 25.1 Å². The predicted molar refractivity (Wildman–Crippen MR) is 104 cm³/mol. The van der Waals surface area contributed by atoms with Crippen molar-refractivity contribution in [3.63, 3.8) is 0 Å². The largest absolute Gasteiger partial charge is 0.359 e. The van der Waals surface area contributed by atoms with Gasteiger partial charge in [0.15, 0.2) is 0 Å². The highest BCUT2D eigenvalue weighted by atomic mass is 16.2. The summed E-state index contributed by atoms with van der Waals surface area (Å²) in [4.78, 5) is 26.9. The maximum Gasteiger partial charge on any atom is 0.257 e. The van der Waals surface area contributed by atoms with Gasteiger partial charge in [0.1, 0.15) is 11.6 Å². The third-order valence-electron chi connectivity index (χ3n) is 5.81. The van der Waals surface area contributed by atoms with E-state index in [0.717, 1.165) is 61.8 Å². The van der Waals surface area contributed by atoms with Crippen molar-refractivity contribution in [2.45, 2.75) is 45.4 Å². The minimum Gasteiger partial charge on any atom is -0.359 e. The minimum absolute atomic E-state index is 0.0668. The molecule has 7 nitrogen and oxygen atoms in total. The minimum atomic E-state index is 0.0668. The monoisotopic (exact) mass is 368 g/mol. The quantitative estimate of drug-likeness (QED) is 0.813. The third kappa shape index (κ3) is 3.31. The van der Waals surface area contributed by atoms with Gasteiger partial charge in [-0.3, -0.25) is 9.48 Å². The van der Waals surface area contributed by atoms with Crippen LogP contribution >= 0.6 is 0 Å². The second-order valence-electron chi connectivity index (χ2n) is 7.89. The molecule has 0 bridgehead atoms. The molecule has 2 aromatic heterocycles. The number of piperidine rings is 1. The molecule has 0 radical (unpaired) electrons. The Morgan fingerprint density at radius 2 is 1.93 bits per heavy atom. The fraction of sp³-hybridized carbons (Fsp3) is 0.600.